The minimum Gasteiger partial charge on any atom is -0.419 e. The summed E-state index contributed by atoms with van der Waals surface area (Å²) < 4.78 is 10.8. The highest BCUT2D eigenvalue weighted by Gasteiger charge is 2.44. The normalized spacial score (nSPS) is 19.4. The van der Waals surface area contributed by atoms with Gasteiger partial charge in [0.1, 0.15) is 11.5 Å². The predicted molar refractivity (Wildman–Crippen MR) is 89.7 cm³/mol. The first-order valence-electron chi connectivity index (χ1n) is 7.94. The fourth-order valence-corrected chi connectivity index (χ4v) is 2.91. The third kappa shape index (κ3) is 2.95. The Morgan fingerprint density at radius 1 is 1.19 bits per heavy atom. The Balaban J connectivity index is 1.66. The van der Waals surface area contributed by atoms with Gasteiger partial charge in [0.25, 0.3) is 5.91 Å². The molecule has 0 radical (unpaired) electrons. The van der Waals surface area contributed by atoms with Crippen LogP contribution in [0.3, 0.4) is 0 Å². The number of anilines is 1. The largest absolute Gasteiger partial charge is 0.419 e. The van der Waals surface area contributed by atoms with Crippen LogP contribution in [-0.4, -0.2) is 58.2 Å². The van der Waals surface area contributed by atoms with Crippen molar-refractivity contribution in [2.24, 2.45) is 0 Å². The Labute approximate surface area is 153 Å². The van der Waals surface area contributed by atoms with Gasteiger partial charge in [0, 0.05) is 31.7 Å². The monoisotopic (exact) mass is 375 g/mol. The lowest BCUT2D eigenvalue weighted by atomic mass is 10.3. The van der Waals surface area contributed by atoms with Crippen LogP contribution in [0.25, 0.3) is 0 Å². The number of nitrogens with zero attached hydrogens (tertiary/aromatic N) is 5. The Hall–Kier alpha value is -2.78. The number of halogens is 1. The molecule has 2 aromatic rings. The van der Waals surface area contributed by atoms with Crippen LogP contribution in [0, 0.1) is 0 Å². The molecule has 1 unspecified atom stereocenters. The van der Waals surface area contributed by atoms with E-state index in [-0.39, 0.29) is 11.4 Å². The third-order valence-electron chi connectivity index (χ3n) is 4.06. The fourth-order valence-electron chi connectivity index (χ4n) is 2.80. The van der Waals surface area contributed by atoms with Gasteiger partial charge in [-0.3, -0.25) is 9.78 Å². The van der Waals surface area contributed by atoms with Crippen molar-refractivity contribution in [2.45, 2.75) is 6.23 Å². The van der Waals surface area contributed by atoms with Crippen LogP contribution in [0.5, 0.6) is 0 Å². The van der Waals surface area contributed by atoms with Gasteiger partial charge in [0.05, 0.1) is 18.2 Å². The lowest BCUT2D eigenvalue weighted by molar-refractivity contribution is 0.0124. The van der Waals surface area contributed by atoms with E-state index in [4.69, 9.17) is 21.1 Å². The number of pyridine rings is 1. The molecule has 1 atom stereocenters. The minimum atomic E-state index is -1.05. The summed E-state index contributed by atoms with van der Waals surface area (Å²) in [6.45, 7) is 1.73. The average Bonchev–Trinajstić information content (AvgIpc) is 2.95. The summed E-state index contributed by atoms with van der Waals surface area (Å²) in [7, 11) is 0. The Morgan fingerprint density at radius 3 is 2.69 bits per heavy atom. The molecule has 134 valence electrons. The van der Waals surface area contributed by atoms with Crippen molar-refractivity contribution in [1.29, 1.82) is 0 Å². The zero-order valence-corrected chi connectivity index (χ0v) is 14.3. The van der Waals surface area contributed by atoms with Gasteiger partial charge < -0.3 is 14.4 Å². The van der Waals surface area contributed by atoms with Gasteiger partial charge in [-0.1, -0.05) is 11.6 Å². The van der Waals surface area contributed by atoms with Crippen LogP contribution in [0.1, 0.15) is 22.4 Å². The summed E-state index contributed by atoms with van der Waals surface area (Å²) in [6, 6.07) is 3.17. The molecule has 26 heavy (non-hydrogen) atoms. The van der Waals surface area contributed by atoms with Crippen molar-refractivity contribution >= 4 is 29.4 Å². The van der Waals surface area contributed by atoms with Crippen molar-refractivity contribution in [3.8, 4) is 0 Å². The molecule has 0 spiro atoms. The second-order valence-corrected chi connectivity index (χ2v) is 6.07. The highest BCUT2D eigenvalue weighted by atomic mass is 35.5. The van der Waals surface area contributed by atoms with Crippen LogP contribution >= 0.6 is 11.6 Å². The Kier molecular flexibility index (Phi) is 4.39. The molecule has 2 amide bonds. The van der Waals surface area contributed by atoms with E-state index in [1.165, 1.54) is 28.4 Å². The summed E-state index contributed by atoms with van der Waals surface area (Å²) in [5, 5.41) is 0.427. The standard InChI is InChI=1S/C16H14ClN5O4/c17-10-1-2-11(20-9-10)22-14(23)12-13(19-4-3-18-12)15(22)26-16(24)21-5-7-25-8-6-21/h1-4,9,15H,5-8H2. The molecule has 4 rings (SSSR count). The maximum absolute atomic E-state index is 12.8. The van der Waals surface area contributed by atoms with E-state index in [2.05, 4.69) is 15.0 Å². The van der Waals surface area contributed by atoms with Gasteiger partial charge in [-0.25, -0.2) is 19.7 Å². The number of hydrogen-bond donors (Lipinski definition) is 0. The first-order chi connectivity index (χ1) is 12.6. The second-order valence-electron chi connectivity index (χ2n) is 5.64. The highest BCUT2D eigenvalue weighted by Crippen LogP contribution is 2.35. The van der Waals surface area contributed by atoms with Crippen molar-refractivity contribution in [1.82, 2.24) is 19.9 Å². The maximum Gasteiger partial charge on any atom is 0.412 e. The number of carbonyl (C=O) groups is 2. The molecule has 2 aliphatic rings. The van der Waals surface area contributed by atoms with E-state index in [0.29, 0.717) is 37.1 Å². The molecule has 0 saturated carbocycles. The second kappa shape index (κ2) is 6.85. The quantitative estimate of drug-likeness (QED) is 0.787. The van der Waals surface area contributed by atoms with E-state index in [1.807, 2.05) is 0 Å². The van der Waals surface area contributed by atoms with E-state index in [0.717, 1.165) is 0 Å². The number of carbonyl (C=O) groups excluding carboxylic acids is 2. The van der Waals surface area contributed by atoms with Crippen molar-refractivity contribution in [3.05, 3.63) is 47.1 Å². The van der Waals surface area contributed by atoms with Gasteiger partial charge in [-0.05, 0) is 12.1 Å². The number of fused-ring (bicyclic) bond motifs is 1. The molecule has 0 bridgehead atoms. The Bertz CT molecular complexity index is 841. The molecule has 1 fully saturated rings. The number of ether oxygens (including phenoxy) is 2. The van der Waals surface area contributed by atoms with Crippen LogP contribution in [0.4, 0.5) is 10.6 Å². The number of aromatic nitrogens is 3. The highest BCUT2D eigenvalue weighted by molar-refractivity contribution is 6.30. The zero-order valence-electron chi connectivity index (χ0n) is 13.5. The van der Waals surface area contributed by atoms with E-state index in [9.17, 15) is 9.59 Å². The summed E-state index contributed by atoms with van der Waals surface area (Å²) in [4.78, 5) is 40.5. The predicted octanol–water partition coefficient (Wildman–Crippen LogP) is 1.65. The smallest absolute Gasteiger partial charge is 0.412 e. The van der Waals surface area contributed by atoms with Gasteiger partial charge in [-0.2, -0.15) is 0 Å². The van der Waals surface area contributed by atoms with Crippen LogP contribution < -0.4 is 4.90 Å². The minimum absolute atomic E-state index is 0.129. The molecule has 0 N–H and O–H groups in total. The molecule has 2 aliphatic heterocycles. The fraction of sp³-hybridized carbons (Fsp3) is 0.312. The molecule has 4 heterocycles. The summed E-state index contributed by atoms with van der Waals surface area (Å²) >= 11 is 5.87. The SMILES string of the molecule is O=C(OC1c2nccnc2C(=O)N1c1ccc(Cl)cn1)N1CCOCC1. The molecule has 1 saturated heterocycles. The van der Waals surface area contributed by atoms with Crippen molar-refractivity contribution in [2.75, 3.05) is 31.2 Å². The molecule has 10 heteroatoms. The molecular formula is C16H14ClN5O4. The summed E-state index contributed by atoms with van der Waals surface area (Å²) in [6.07, 6.45) is 2.67. The van der Waals surface area contributed by atoms with Gasteiger partial charge in [-0.15, -0.1) is 0 Å². The van der Waals surface area contributed by atoms with Crippen molar-refractivity contribution in [3.63, 3.8) is 0 Å². The topological polar surface area (TPSA) is 97.8 Å². The molecule has 0 aliphatic carbocycles. The average molecular weight is 376 g/mol. The summed E-state index contributed by atoms with van der Waals surface area (Å²) in [5.41, 5.74) is 0.403. The number of rotatable bonds is 2. The molecule has 0 aromatic carbocycles. The lowest BCUT2D eigenvalue weighted by Crippen LogP contribution is -2.43. The zero-order chi connectivity index (χ0) is 18.1. The lowest BCUT2D eigenvalue weighted by Gasteiger charge is -2.29. The first-order valence-corrected chi connectivity index (χ1v) is 8.32. The van der Waals surface area contributed by atoms with Crippen molar-refractivity contribution < 1.29 is 19.1 Å². The number of amides is 2. The van der Waals surface area contributed by atoms with Gasteiger partial charge in [0.15, 0.2) is 5.69 Å². The number of morpholine rings is 1. The van der Waals surface area contributed by atoms with Gasteiger partial charge in [0.2, 0.25) is 6.23 Å². The third-order valence-corrected chi connectivity index (χ3v) is 4.28. The van der Waals surface area contributed by atoms with Gasteiger partial charge >= 0.3 is 6.09 Å². The van der Waals surface area contributed by atoms with E-state index in [1.54, 1.807) is 12.1 Å². The van der Waals surface area contributed by atoms with Crippen LogP contribution in [0.2, 0.25) is 5.02 Å². The molecular weight excluding hydrogens is 362 g/mol. The van der Waals surface area contributed by atoms with Crippen LogP contribution in [0.15, 0.2) is 30.7 Å². The van der Waals surface area contributed by atoms with Crippen LogP contribution in [-0.2, 0) is 9.47 Å². The first kappa shape index (κ1) is 16.7. The maximum atomic E-state index is 12.8. The summed E-state index contributed by atoms with van der Waals surface area (Å²) in [5.74, 6) is -0.151. The molecule has 9 nitrogen and oxygen atoms in total. The number of hydrogen-bond acceptors (Lipinski definition) is 7. The molecule has 2 aromatic heterocycles. The van der Waals surface area contributed by atoms with E-state index < -0.39 is 18.2 Å². The Morgan fingerprint density at radius 2 is 1.96 bits per heavy atom. The van der Waals surface area contributed by atoms with E-state index >= 15 is 0 Å².